The number of carbonyl (C=O) groups is 2. The summed E-state index contributed by atoms with van der Waals surface area (Å²) in [7, 11) is 0. The number of nitrogens with two attached hydrogens (primary N) is 3. The third-order valence-electron chi connectivity index (χ3n) is 13.6. The summed E-state index contributed by atoms with van der Waals surface area (Å²) in [5.41, 5.74) is 21.1. The smallest absolute Gasteiger partial charge is 0.247 e. The molecule has 0 spiro atoms. The van der Waals surface area contributed by atoms with Gasteiger partial charge in [-0.05, 0) is 55.3 Å². The number of anilines is 3. The van der Waals surface area contributed by atoms with E-state index in [4.69, 9.17) is 52.8 Å². The zero-order chi connectivity index (χ0) is 51.4. The summed E-state index contributed by atoms with van der Waals surface area (Å²) < 4.78 is 19.9. The van der Waals surface area contributed by atoms with E-state index in [2.05, 4.69) is 69.4 Å². The number of nitrogens with zero attached hydrogens (tertiary/aromatic N) is 13. The number of unbranched alkanes of at least 4 members (excludes halogenated alkanes) is 1. The molecule has 2 fully saturated rings. The first kappa shape index (κ1) is 58.2. The SMILES string of the molecule is C#CCOCCOCCOCCNc1nc(N2CCN(C(=O)C(CCCCN)n3cc(C(N)C(C)CC)nn3)CC2)nc(N2CCN(C(=O)C(Cc3ccc(O)cc3)n3cc(C(N)C(C)CC)nn3)CC2)n1.[Cl-]. The number of phenolic OH excluding ortho intramolecular Hbond substituents is 1. The van der Waals surface area contributed by atoms with Crippen LogP contribution in [0, 0.1) is 24.2 Å². The second kappa shape index (κ2) is 29.8. The average molecular weight is 1040 g/mol. The predicted molar refractivity (Wildman–Crippen MR) is 273 cm³/mol. The monoisotopic (exact) mass is 1030 g/mol. The summed E-state index contributed by atoms with van der Waals surface area (Å²) in [6, 6.07) is 5.01. The van der Waals surface area contributed by atoms with E-state index >= 15 is 0 Å². The highest BCUT2D eigenvalue weighted by atomic mass is 35.5. The molecular weight excluding hydrogens is 958 g/mol. The number of terminal acetylenes is 1. The van der Waals surface area contributed by atoms with E-state index in [1.165, 1.54) is 0 Å². The molecule has 2 amide bonds. The Labute approximate surface area is 435 Å². The third kappa shape index (κ3) is 16.6. The zero-order valence-corrected chi connectivity index (χ0v) is 43.7. The molecule has 5 heterocycles. The molecule has 4 aromatic rings. The second-order valence-corrected chi connectivity index (χ2v) is 18.5. The van der Waals surface area contributed by atoms with Crippen molar-refractivity contribution in [2.75, 3.05) is 120 Å². The first-order valence-electron chi connectivity index (χ1n) is 25.5. The first-order valence-corrected chi connectivity index (χ1v) is 25.5. The molecule has 24 heteroatoms. The van der Waals surface area contributed by atoms with Crippen LogP contribution >= 0.6 is 0 Å². The van der Waals surface area contributed by atoms with Gasteiger partial charge in [0.2, 0.25) is 29.7 Å². The normalized spacial score (nSPS) is 16.5. The van der Waals surface area contributed by atoms with Crippen LogP contribution in [0.3, 0.4) is 0 Å². The molecule has 8 N–H and O–H groups in total. The van der Waals surface area contributed by atoms with E-state index in [0.29, 0.717) is 141 Å². The van der Waals surface area contributed by atoms with Gasteiger partial charge in [-0.15, -0.1) is 16.6 Å². The number of nitrogens with one attached hydrogen (secondary N) is 1. The van der Waals surface area contributed by atoms with E-state index in [0.717, 1.165) is 31.2 Å². The molecule has 6 atom stereocenters. The Bertz CT molecular complexity index is 2300. The highest BCUT2D eigenvalue weighted by molar-refractivity contribution is 5.81. The third-order valence-corrected chi connectivity index (χ3v) is 13.6. The lowest BCUT2D eigenvalue weighted by Crippen LogP contribution is -3.00. The van der Waals surface area contributed by atoms with Crippen LogP contribution in [0.2, 0.25) is 0 Å². The second-order valence-electron chi connectivity index (χ2n) is 18.5. The van der Waals surface area contributed by atoms with Gasteiger partial charge < -0.3 is 73.8 Å². The fourth-order valence-electron chi connectivity index (χ4n) is 8.48. The molecule has 2 aliphatic rings. The number of aromatic hydroxyl groups is 1. The van der Waals surface area contributed by atoms with Crippen molar-refractivity contribution in [1.29, 1.82) is 0 Å². The minimum atomic E-state index is -0.693. The van der Waals surface area contributed by atoms with Gasteiger partial charge in [0.25, 0.3) is 0 Å². The highest BCUT2D eigenvalue weighted by Crippen LogP contribution is 2.27. The lowest BCUT2D eigenvalue weighted by Gasteiger charge is -2.38. The van der Waals surface area contributed by atoms with Gasteiger partial charge in [0.1, 0.15) is 24.4 Å². The number of hydrogen-bond acceptors (Lipinski definition) is 19. The summed E-state index contributed by atoms with van der Waals surface area (Å²) in [6.45, 7) is 15.1. The molecule has 0 saturated carbocycles. The minimum absolute atomic E-state index is 0. The van der Waals surface area contributed by atoms with Gasteiger partial charge in [0.15, 0.2) is 0 Å². The maximum absolute atomic E-state index is 14.5. The van der Waals surface area contributed by atoms with E-state index in [1.807, 2.05) is 16.0 Å². The number of hydrogen-bond donors (Lipinski definition) is 5. The predicted octanol–water partition coefficient (Wildman–Crippen LogP) is -0.898. The molecule has 402 valence electrons. The number of benzene rings is 1. The van der Waals surface area contributed by atoms with Crippen molar-refractivity contribution in [2.24, 2.45) is 29.0 Å². The fourth-order valence-corrected chi connectivity index (χ4v) is 8.48. The summed E-state index contributed by atoms with van der Waals surface area (Å²) in [6.07, 6.45) is 13.1. The number of ether oxygens (including phenoxy) is 3. The molecule has 0 radical (unpaired) electrons. The molecule has 2 aliphatic heterocycles. The van der Waals surface area contributed by atoms with Gasteiger partial charge in [-0.25, -0.2) is 9.36 Å². The van der Waals surface area contributed by atoms with Gasteiger partial charge in [0.05, 0.1) is 68.9 Å². The Balaban J connectivity index is 0.00000988. The maximum atomic E-state index is 14.5. The Morgan fingerprint density at radius 3 is 1.73 bits per heavy atom. The average Bonchev–Trinajstić information content (AvgIpc) is 4.11. The maximum Gasteiger partial charge on any atom is 0.247 e. The van der Waals surface area contributed by atoms with Gasteiger partial charge in [-0.3, -0.25) is 9.59 Å². The summed E-state index contributed by atoms with van der Waals surface area (Å²) in [5, 5.41) is 30.9. The van der Waals surface area contributed by atoms with Crippen LogP contribution < -0.4 is 44.7 Å². The van der Waals surface area contributed by atoms with E-state index in [9.17, 15) is 14.7 Å². The van der Waals surface area contributed by atoms with Crippen molar-refractivity contribution in [1.82, 2.24) is 54.7 Å². The molecule has 6 rings (SSSR count). The number of phenols is 1. The van der Waals surface area contributed by atoms with Gasteiger partial charge >= 0.3 is 0 Å². The van der Waals surface area contributed by atoms with E-state index < -0.39 is 12.1 Å². The van der Waals surface area contributed by atoms with Crippen molar-refractivity contribution in [3.8, 4) is 18.1 Å². The molecule has 6 unspecified atom stereocenters. The molecule has 0 aliphatic carbocycles. The molecular formula is C49H77ClN17O6-. The Morgan fingerprint density at radius 2 is 1.22 bits per heavy atom. The summed E-state index contributed by atoms with van der Waals surface area (Å²) in [5.74, 6) is 4.14. The van der Waals surface area contributed by atoms with Crippen LogP contribution in [0.15, 0.2) is 36.7 Å². The molecule has 23 nitrogen and oxygen atoms in total. The minimum Gasteiger partial charge on any atom is -1.00 e. The number of amides is 2. The number of aromatic nitrogens is 9. The largest absolute Gasteiger partial charge is 1.00 e. The van der Waals surface area contributed by atoms with Gasteiger partial charge in [0, 0.05) is 65.3 Å². The topological polar surface area (TPSA) is 285 Å². The summed E-state index contributed by atoms with van der Waals surface area (Å²) >= 11 is 0. The quantitative estimate of drug-likeness (QED) is 0.0326. The lowest BCUT2D eigenvalue weighted by atomic mass is 9.98. The molecule has 2 saturated heterocycles. The standard InChI is InChI=1S/C49H77N17O6.ClH/c1-6-26-70-28-30-72-31-29-71-27-17-53-47-54-48(63-22-18-61(19-23-63)45(68)41(11-9-10-16-50)65-33-39(57-59-65)43(51)35(4)7-2)56-49(55-47)64-24-20-62(21-25-64)46(69)42(32-37-12-14-38(67)15-13-37)66-34-40(58-60-66)44(52)36(5)8-3;/h1,12-15,33-36,41-44,67H,7-11,16-32,50-52H2,2-5H3,(H,53,54,55,56);1H/p-1. The van der Waals surface area contributed by atoms with Crippen molar-refractivity contribution < 1.29 is 41.3 Å². The summed E-state index contributed by atoms with van der Waals surface area (Å²) in [4.78, 5) is 51.3. The van der Waals surface area contributed by atoms with Crippen molar-refractivity contribution in [2.45, 2.75) is 90.4 Å². The van der Waals surface area contributed by atoms with E-state index in [-0.39, 0.29) is 60.5 Å². The molecule has 1 aromatic carbocycles. The Hall–Kier alpha value is -5.74. The van der Waals surface area contributed by atoms with Crippen molar-refractivity contribution in [3.05, 3.63) is 53.6 Å². The Kier molecular flexibility index (Phi) is 23.8. The Morgan fingerprint density at radius 1 is 0.726 bits per heavy atom. The van der Waals surface area contributed by atoms with E-state index in [1.54, 1.807) is 39.8 Å². The number of piperazine rings is 2. The fraction of sp³-hybridized carbons (Fsp3) is 0.653. The molecule has 0 bridgehead atoms. The molecule has 3 aromatic heterocycles. The number of rotatable bonds is 29. The van der Waals surface area contributed by atoms with Crippen LogP contribution in [0.5, 0.6) is 5.75 Å². The lowest BCUT2D eigenvalue weighted by molar-refractivity contribution is -0.136. The zero-order valence-electron chi connectivity index (χ0n) is 43.0. The van der Waals surface area contributed by atoms with Crippen LogP contribution in [-0.4, -0.2) is 177 Å². The van der Waals surface area contributed by atoms with Crippen molar-refractivity contribution >= 4 is 29.7 Å². The van der Waals surface area contributed by atoms with Crippen molar-refractivity contribution in [3.63, 3.8) is 0 Å². The van der Waals surface area contributed by atoms with Crippen LogP contribution in [0.4, 0.5) is 17.8 Å². The van der Waals surface area contributed by atoms with Gasteiger partial charge in [-0.1, -0.05) is 69.0 Å². The van der Waals surface area contributed by atoms with Gasteiger partial charge in [-0.2, -0.15) is 15.0 Å². The number of halogens is 1. The first-order chi connectivity index (χ1) is 34.9. The molecule has 73 heavy (non-hydrogen) atoms. The van der Waals surface area contributed by atoms with Crippen LogP contribution in [-0.2, 0) is 30.2 Å². The van der Waals surface area contributed by atoms with Crippen LogP contribution in [0.1, 0.15) is 101 Å². The van der Waals surface area contributed by atoms with Crippen LogP contribution in [0.25, 0.3) is 0 Å². The number of carbonyl (C=O) groups excluding carboxylic acids is 2. The highest BCUT2D eigenvalue weighted by Gasteiger charge is 2.34.